The molecule has 0 fully saturated rings. The second-order valence-corrected chi connectivity index (χ2v) is 3.58. The fourth-order valence-electron chi connectivity index (χ4n) is 1.86. The molecule has 0 aromatic carbocycles. The van der Waals surface area contributed by atoms with Gasteiger partial charge in [-0.1, -0.05) is 19.1 Å². The van der Waals surface area contributed by atoms with Crippen LogP contribution in [-0.2, 0) is 4.79 Å². The third kappa shape index (κ3) is 2.10. The van der Waals surface area contributed by atoms with Crippen LogP contribution in [0.15, 0.2) is 12.2 Å². The van der Waals surface area contributed by atoms with E-state index in [1.807, 2.05) is 0 Å². The van der Waals surface area contributed by atoms with Crippen molar-refractivity contribution in [2.24, 2.45) is 5.41 Å². The molecule has 0 aromatic rings. The number of hydrogen-bond donors (Lipinski definition) is 1. The lowest BCUT2D eigenvalue weighted by atomic mass is 9.74. The zero-order chi connectivity index (χ0) is 9.03. The van der Waals surface area contributed by atoms with Crippen molar-refractivity contribution in [1.82, 2.24) is 0 Å². The van der Waals surface area contributed by atoms with E-state index in [2.05, 4.69) is 19.1 Å². The molecular formula is C10H16O2. The highest BCUT2D eigenvalue weighted by Gasteiger charge is 2.28. The lowest BCUT2D eigenvalue weighted by Gasteiger charge is -2.30. The molecule has 1 N–H and O–H groups in total. The van der Waals surface area contributed by atoms with E-state index in [0.29, 0.717) is 6.42 Å². The normalized spacial score (nSPS) is 28.8. The van der Waals surface area contributed by atoms with Gasteiger partial charge in [0.05, 0.1) is 6.42 Å². The third-order valence-electron chi connectivity index (χ3n) is 2.72. The molecule has 2 heteroatoms. The summed E-state index contributed by atoms with van der Waals surface area (Å²) in [6.45, 7) is 2.07. The van der Waals surface area contributed by atoms with E-state index in [9.17, 15) is 4.79 Å². The second-order valence-electron chi connectivity index (χ2n) is 3.58. The van der Waals surface area contributed by atoms with Crippen LogP contribution in [0.5, 0.6) is 0 Å². The maximum absolute atomic E-state index is 10.6. The van der Waals surface area contributed by atoms with Crippen molar-refractivity contribution >= 4 is 5.97 Å². The summed E-state index contributed by atoms with van der Waals surface area (Å²) < 4.78 is 0. The largest absolute Gasteiger partial charge is 0.481 e. The first-order valence-corrected chi connectivity index (χ1v) is 4.58. The Bertz CT molecular complexity index is 196. The summed E-state index contributed by atoms with van der Waals surface area (Å²) in [4.78, 5) is 10.6. The summed E-state index contributed by atoms with van der Waals surface area (Å²) in [5, 5.41) is 8.73. The van der Waals surface area contributed by atoms with Crippen LogP contribution in [0, 0.1) is 5.41 Å². The topological polar surface area (TPSA) is 37.3 Å². The van der Waals surface area contributed by atoms with Gasteiger partial charge >= 0.3 is 5.97 Å². The fourth-order valence-corrected chi connectivity index (χ4v) is 1.86. The van der Waals surface area contributed by atoms with Gasteiger partial charge in [0.15, 0.2) is 0 Å². The molecule has 1 rings (SSSR count). The van der Waals surface area contributed by atoms with E-state index in [-0.39, 0.29) is 5.41 Å². The fraction of sp³-hybridized carbons (Fsp3) is 0.700. The number of carboxylic acids is 1. The van der Waals surface area contributed by atoms with E-state index in [0.717, 1.165) is 25.7 Å². The first kappa shape index (κ1) is 9.30. The summed E-state index contributed by atoms with van der Waals surface area (Å²) in [7, 11) is 0. The lowest BCUT2D eigenvalue weighted by Crippen LogP contribution is -2.23. The molecule has 1 aliphatic rings. The number of rotatable bonds is 3. The summed E-state index contributed by atoms with van der Waals surface area (Å²) in [6.07, 6.45) is 8.74. The van der Waals surface area contributed by atoms with Crippen LogP contribution < -0.4 is 0 Å². The van der Waals surface area contributed by atoms with Crippen LogP contribution in [0.25, 0.3) is 0 Å². The highest BCUT2D eigenvalue weighted by Crippen LogP contribution is 2.37. The Balaban J connectivity index is 2.66. The molecule has 1 atom stereocenters. The highest BCUT2D eigenvalue weighted by atomic mass is 16.4. The first-order chi connectivity index (χ1) is 5.68. The molecule has 0 spiro atoms. The van der Waals surface area contributed by atoms with Crippen molar-refractivity contribution < 1.29 is 9.90 Å². The third-order valence-corrected chi connectivity index (χ3v) is 2.72. The molecule has 0 heterocycles. The number of hydrogen-bond acceptors (Lipinski definition) is 1. The average Bonchev–Trinajstić information content (AvgIpc) is 2.05. The Hall–Kier alpha value is -0.790. The van der Waals surface area contributed by atoms with Gasteiger partial charge < -0.3 is 5.11 Å². The SMILES string of the molecule is CCC1(CC(=O)O)C=CCCC1. The average molecular weight is 168 g/mol. The van der Waals surface area contributed by atoms with Gasteiger partial charge in [-0.25, -0.2) is 0 Å². The van der Waals surface area contributed by atoms with Crippen LogP contribution in [0.3, 0.4) is 0 Å². The standard InChI is InChI=1S/C10H16O2/c1-2-10(8-9(11)12)6-4-3-5-7-10/h4,6H,2-3,5,7-8H2,1H3,(H,11,12). The molecule has 0 amide bonds. The maximum atomic E-state index is 10.6. The van der Waals surface area contributed by atoms with E-state index in [1.165, 1.54) is 0 Å². The van der Waals surface area contributed by atoms with Crippen LogP contribution in [0.4, 0.5) is 0 Å². The quantitative estimate of drug-likeness (QED) is 0.658. The van der Waals surface area contributed by atoms with Crippen molar-refractivity contribution in [3.05, 3.63) is 12.2 Å². The van der Waals surface area contributed by atoms with Gasteiger partial charge in [-0.2, -0.15) is 0 Å². The molecular weight excluding hydrogens is 152 g/mol. The number of carbonyl (C=O) groups is 1. The molecule has 68 valence electrons. The molecule has 0 aromatic heterocycles. The van der Waals surface area contributed by atoms with E-state index >= 15 is 0 Å². The molecule has 1 aliphatic carbocycles. The molecule has 12 heavy (non-hydrogen) atoms. The molecule has 1 unspecified atom stereocenters. The van der Waals surface area contributed by atoms with Gasteiger partial charge in [0.1, 0.15) is 0 Å². The van der Waals surface area contributed by atoms with Gasteiger partial charge in [0.25, 0.3) is 0 Å². The van der Waals surface area contributed by atoms with Gasteiger partial charge in [-0.3, -0.25) is 4.79 Å². The van der Waals surface area contributed by atoms with Crippen molar-refractivity contribution in [3.63, 3.8) is 0 Å². The zero-order valence-corrected chi connectivity index (χ0v) is 7.55. The zero-order valence-electron chi connectivity index (χ0n) is 7.55. The summed E-state index contributed by atoms with van der Waals surface area (Å²) in [6, 6.07) is 0. The monoisotopic (exact) mass is 168 g/mol. The highest BCUT2D eigenvalue weighted by molar-refractivity contribution is 5.68. The first-order valence-electron chi connectivity index (χ1n) is 4.58. The smallest absolute Gasteiger partial charge is 0.304 e. The number of carboxylic acid groups (broad SMARTS) is 1. The lowest BCUT2D eigenvalue weighted by molar-refractivity contribution is -0.139. The van der Waals surface area contributed by atoms with Gasteiger partial charge in [0, 0.05) is 0 Å². The Morgan fingerprint density at radius 2 is 2.42 bits per heavy atom. The van der Waals surface area contributed by atoms with Gasteiger partial charge in [-0.15, -0.1) is 0 Å². The predicted molar refractivity (Wildman–Crippen MR) is 48.0 cm³/mol. The molecule has 0 aliphatic heterocycles. The van der Waals surface area contributed by atoms with E-state index in [4.69, 9.17) is 5.11 Å². The molecule has 2 nitrogen and oxygen atoms in total. The minimum Gasteiger partial charge on any atom is -0.481 e. The Morgan fingerprint density at radius 1 is 1.67 bits per heavy atom. The Kier molecular flexibility index (Phi) is 2.90. The molecule has 0 saturated carbocycles. The number of aliphatic carboxylic acids is 1. The van der Waals surface area contributed by atoms with Crippen molar-refractivity contribution in [2.45, 2.75) is 39.0 Å². The molecule has 0 saturated heterocycles. The minimum absolute atomic E-state index is 0.0376. The predicted octanol–water partition coefficient (Wildman–Crippen LogP) is 2.60. The van der Waals surface area contributed by atoms with Crippen molar-refractivity contribution in [1.29, 1.82) is 0 Å². The van der Waals surface area contributed by atoms with Crippen LogP contribution in [-0.4, -0.2) is 11.1 Å². The van der Waals surface area contributed by atoms with Crippen LogP contribution >= 0.6 is 0 Å². The van der Waals surface area contributed by atoms with E-state index < -0.39 is 5.97 Å². The maximum Gasteiger partial charge on any atom is 0.304 e. The van der Waals surface area contributed by atoms with Crippen LogP contribution in [0.1, 0.15) is 39.0 Å². The van der Waals surface area contributed by atoms with Crippen LogP contribution in [0.2, 0.25) is 0 Å². The second kappa shape index (κ2) is 3.74. The molecule has 0 radical (unpaired) electrons. The Morgan fingerprint density at radius 3 is 2.83 bits per heavy atom. The van der Waals surface area contributed by atoms with Crippen molar-refractivity contribution in [3.8, 4) is 0 Å². The van der Waals surface area contributed by atoms with Gasteiger partial charge in [-0.05, 0) is 31.1 Å². The number of allylic oxidation sites excluding steroid dienone is 2. The van der Waals surface area contributed by atoms with E-state index in [1.54, 1.807) is 0 Å². The summed E-state index contributed by atoms with van der Waals surface area (Å²) in [5.74, 6) is -0.677. The Labute approximate surface area is 73.3 Å². The summed E-state index contributed by atoms with van der Waals surface area (Å²) >= 11 is 0. The molecule has 0 bridgehead atoms. The minimum atomic E-state index is -0.677. The van der Waals surface area contributed by atoms with Crippen molar-refractivity contribution in [2.75, 3.05) is 0 Å². The van der Waals surface area contributed by atoms with Gasteiger partial charge in [0.2, 0.25) is 0 Å². The summed E-state index contributed by atoms with van der Waals surface area (Å²) in [5.41, 5.74) is -0.0376.